The number of ether oxygens (including phenoxy) is 1. The van der Waals surface area contributed by atoms with Gasteiger partial charge in [-0.2, -0.15) is 0 Å². The summed E-state index contributed by atoms with van der Waals surface area (Å²) in [6.07, 6.45) is 0.347. The van der Waals surface area contributed by atoms with E-state index in [1.165, 1.54) is 0 Å². The van der Waals surface area contributed by atoms with Crippen molar-refractivity contribution in [3.8, 4) is 5.75 Å². The van der Waals surface area contributed by atoms with Crippen LogP contribution in [-0.2, 0) is 0 Å². The van der Waals surface area contributed by atoms with Gasteiger partial charge in [-0.3, -0.25) is 5.41 Å². The van der Waals surface area contributed by atoms with Gasteiger partial charge in [0.05, 0.1) is 4.47 Å². The molecule has 0 spiro atoms. The Bertz CT molecular complexity index is 366. The molecular weight excluding hydrogens is 256 g/mol. The van der Waals surface area contributed by atoms with Crippen molar-refractivity contribution in [2.75, 3.05) is 0 Å². The fourth-order valence-corrected chi connectivity index (χ4v) is 1.81. The van der Waals surface area contributed by atoms with E-state index in [0.29, 0.717) is 6.42 Å². The van der Waals surface area contributed by atoms with Crippen LogP contribution in [0.5, 0.6) is 5.75 Å². The molecule has 0 bridgehead atoms. The first-order valence-electron chi connectivity index (χ1n) is 4.81. The highest BCUT2D eigenvalue weighted by Gasteiger charge is 2.12. The molecule has 0 amide bonds. The summed E-state index contributed by atoms with van der Waals surface area (Å²) in [7, 11) is 0. The molecule has 0 fully saturated rings. The summed E-state index contributed by atoms with van der Waals surface area (Å²) in [5.41, 5.74) is 6.58. The van der Waals surface area contributed by atoms with Crippen molar-refractivity contribution >= 4 is 21.8 Å². The molecule has 4 heteroatoms. The second-order valence-corrected chi connectivity index (χ2v) is 4.26. The lowest BCUT2D eigenvalue weighted by molar-refractivity contribution is 0.258. The summed E-state index contributed by atoms with van der Waals surface area (Å²) in [6.45, 7) is 3.95. The van der Waals surface area contributed by atoms with Crippen LogP contribution in [0.1, 0.15) is 18.9 Å². The van der Waals surface area contributed by atoms with Crippen molar-refractivity contribution in [3.63, 3.8) is 0 Å². The van der Waals surface area contributed by atoms with Crippen molar-refractivity contribution in [1.82, 2.24) is 0 Å². The fourth-order valence-electron chi connectivity index (χ4n) is 1.22. The van der Waals surface area contributed by atoms with Crippen LogP contribution < -0.4 is 10.5 Å². The van der Waals surface area contributed by atoms with Gasteiger partial charge in [-0.05, 0) is 47.0 Å². The highest BCUT2D eigenvalue weighted by molar-refractivity contribution is 9.10. The van der Waals surface area contributed by atoms with E-state index in [4.69, 9.17) is 15.9 Å². The molecule has 0 saturated carbocycles. The van der Waals surface area contributed by atoms with E-state index < -0.39 is 0 Å². The number of nitrogens with two attached hydrogens (primary N) is 1. The predicted octanol–water partition coefficient (Wildman–Crippen LogP) is 2.85. The first-order valence-corrected chi connectivity index (χ1v) is 5.60. The Morgan fingerprint density at radius 2 is 2.27 bits per heavy atom. The van der Waals surface area contributed by atoms with Crippen LogP contribution in [0.2, 0.25) is 0 Å². The topological polar surface area (TPSA) is 59.1 Å². The van der Waals surface area contributed by atoms with E-state index in [9.17, 15) is 0 Å². The Hall–Kier alpha value is -1.03. The number of aryl methyl sites for hydroxylation is 1. The molecule has 0 heterocycles. The number of rotatable bonds is 4. The summed E-state index contributed by atoms with van der Waals surface area (Å²) < 4.78 is 6.51. The van der Waals surface area contributed by atoms with E-state index in [-0.39, 0.29) is 11.9 Å². The zero-order valence-electron chi connectivity index (χ0n) is 8.88. The minimum atomic E-state index is -0.344. The molecule has 3 N–H and O–H groups in total. The number of hydrogen-bond donors (Lipinski definition) is 2. The van der Waals surface area contributed by atoms with Crippen LogP contribution in [0.15, 0.2) is 22.7 Å². The Morgan fingerprint density at radius 1 is 1.60 bits per heavy atom. The zero-order chi connectivity index (χ0) is 11.4. The van der Waals surface area contributed by atoms with E-state index in [1.54, 1.807) is 0 Å². The van der Waals surface area contributed by atoms with Crippen LogP contribution >= 0.6 is 15.9 Å². The van der Waals surface area contributed by atoms with Gasteiger partial charge in [0.25, 0.3) is 0 Å². The largest absolute Gasteiger partial charge is 0.481 e. The van der Waals surface area contributed by atoms with Gasteiger partial charge in [0.15, 0.2) is 6.10 Å². The van der Waals surface area contributed by atoms with E-state index in [2.05, 4.69) is 15.9 Å². The third-order valence-electron chi connectivity index (χ3n) is 2.07. The van der Waals surface area contributed by atoms with Crippen molar-refractivity contribution in [2.24, 2.45) is 5.73 Å². The molecule has 1 rings (SSSR count). The third-order valence-corrected chi connectivity index (χ3v) is 2.69. The normalized spacial score (nSPS) is 12.2. The summed E-state index contributed by atoms with van der Waals surface area (Å²) in [5.74, 6) is 0.785. The maximum absolute atomic E-state index is 7.35. The second-order valence-electron chi connectivity index (χ2n) is 3.40. The maximum Gasteiger partial charge on any atom is 0.155 e. The van der Waals surface area contributed by atoms with Gasteiger partial charge in [-0.1, -0.05) is 13.0 Å². The molecule has 0 aliphatic rings. The lowest BCUT2D eigenvalue weighted by atomic mass is 10.2. The van der Waals surface area contributed by atoms with Crippen LogP contribution in [0, 0.1) is 12.3 Å². The lowest BCUT2D eigenvalue weighted by Crippen LogP contribution is -2.32. The first-order chi connectivity index (χ1) is 7.04. The Balaban J connectivity index is 2.84. The zero-order valence-corrected chi connectivity index (χ0v) is 10.5. The Morgan fingerprint density at radius 3 is 2.73 bits per heavy atom. The van der Waals surface area contributed by atoms with Gasteiger partial charge in [0.2, 0.25) is 0 Å². The SMILES string of the molecule is CCC(Oc1ccc(C)cc1Br)C(=N)N. The second kappa shape index (κ2) is 5.16. The van der Waals surface area contributed by atoms with Crippen LogP contribution in [-0.4, -0.2) is 11.9 Å². The minimum absolute atomic E-state index is 0.0602. The van der Waals surface area contributed by atoms with Gasteiger partial charge in [-0.25, -0.2) is 0 Å². The monoisotopic (exact) mass is 270 g/mol. The van der Waals surface area contributed by atoms with Gasteiger partial charge in [-0.15, -0.1) is 0 Å². The van der Waals surface area contributed by atoms with Crippen LogP contribution in [0.25, 0.3) is 0 Å². The maximum atomic E-state index is 7.35. The summed E-state index contributed by atoms with van der Waals surface area (Å²) in [5, 5.41) is 7.35. The highest BCUT2D eigenvalue weighted by Crippen LogP contribution is 2.27. The Kier molecular flexibility index (Phi) is 4.15. The van der Waals surface area contributed by atoms with E-state index >= 15 is 0 Å². The lowest BCUT2D eigenvalue weighted by Gasteiger charge is -2.17. The first kappa shape index (κ1) is 12.0. The summed E-state index contributed by atoms with van der Waals surface area (Å²) >= 11 is 3.42. The van der Waals surface area contributed by atoms with Crippen LogP contribution in [0.4, 0.5) is 0 Å². The van der Waals surface area contributed by atoms with Gasteiger partial charge in [0, 0.05) is 0 Å². The molecule has 15 heavy (non-hydrogen) atoms. The fraction of sp³-hybridized carbons (Fsp3) is 0.364. The van der Waals surface area contributed by atoms with Crippen molar-refractivity contribution < 1.29 is 4.74 Å². The van der Waals surface area contributed by atoms with E-state index in [1.807, 2.05) is 32.0 Å². The van der Waals surface area contributed by atoms with Crippen LogP contribution in [0.3, 0.4) is 0 Å². The molecule has 1 unspecified atom stereocenters. The third kappa shape index (κ3) is 3.23. The van der Waals surface area contributed by atoms with Gasteiger partial charge < -0.3 is 10.5 Å². The molecular formula is C11H15BrN2O. The highest BCUT2D eigenvalue weighted by atomic mass is 79.9. The number of benzene rings is 1. The average Bonchev–Trinajstić information content (AvgIpc) is 2.16. The summed E-state index contributed by atoms with van der Waals surface area (Å²) in [6, 6.07) is 5.82. The number of amidine groups is 1. The molecule has 0 aliphatic heterocycles. The van der Waals surface area contributed by atoms with Crippen molar-refractivity contribution in [3.05, 3.63) is 28.2 Å². The van der Waals surface area contributed by atoms with Crippen molar-refractivity contribution in [1.29, 1.82) is 5.41 Å². The number of hydrogen-bond acceptors (Lipinski definition) is 2. The molecule has 1 aromatic rings. The molecule has 0 aliphatic carbocycles. The summed E-state index contributed by atoms with van der Waals surface area (Å²) in [4.78, 5) is 0. The van der Waals surface area contributed by atoms with Gasteiger partial charge >= 0.3 is 0 Å². The number of halogens is 1. The average molecular weight is 271 g/mol. The van der Waals surface area contributed by atoms with Gasteiger partial charge in [0.1, 0.15) is 11.6 Å². The van der Waals surface area contributed by atoms with Crippen molar-refractivity contribution in [2.45, 2.75) is 26.4 Å². The number of nitrogens with one attached hydrogen (secondary N) is 1. The molecule has 0 saturated heterocycles. The quantitative estimate of drug-likeness (QED) is 0.653. The predicted molar refractivity (Wildman–Crippen MR) is 65.5 cm³/mol. The Labute approximate surface area is 98.3 Å². The molecule has 82 valence electrons. The molecule has 0 aromatic heterocycles. The van der Waals surface area contributed by atoms with E-state index in [0.717, 1.165) is 15.8 Å². The smallest absolute Gasteiger partial charge is 0.155 e. The molecule has 0 radical (unpaired) electrons. The molecule has 1 aromatic carbocycles. The standard InChI is InChI=1S/C11H15BrN2O/c1-3-9(11(13)14)15-10-5-4-7(2)6-8(10)12/h4-6,9H,3H2,1-2H3,(H3,13,14). The molecule has 3 nitrogen and oxygen atoms in total. The minimum Gasteiger partial charge on any atom is -0.481 e. The molecule has 1 atom stereocenters.